The number of aliphatic imine (C=N–C) groups is 1. The van der Waals surface area contributed by atoms with Gasteiger partial charge < -0.3 is 4.90 Å². The van der Waals surface area contributed by atoms with Gasteiger partial charge in [0.1, 0.15) is 5.04 Å². The van der Waals surface area contributed by atoms with Gasteiger partial charge in [-0.3, -0.25) is 10.2 Å². The molecule has 3 aliphatic rings. The van der Waals surface area contributed by atoms with Gasteiger partial charge in [-0.25, -0.2) is 0 Å². The van der Waals surface area contributed by atoms with Gasteiger partial charge in [-0.2, -0.15) is 15.1 Å². The van der Waals surface area contributed by atoms with Crippen molar-refractivity contribution >= 4 is 45.5 Å². The molecule has 0 atom stereocenters. The number of rotatable bonds is 5. The van der Waals surface area contributed by atoms with Crippen LogP contribution in [-0.2, 0) is 4.79 Å². The largest absolute Gasteiger partial charge is 0.372 e. The number of amides is 1. The molecule has 6 nitrogen and oxygen atoms in total. The molecule has 1 fully saturated rings. The zero-order valence-electron chi connectivity index (χ0n) is 17.0. The van der Waals surface area contributed by atoms with Crippen molar-refractivity contribution in [3.63, 3.8) is 0 Å². The monoisotopic (exact) mass is 409 g/mol. The Morgan fingerprint density at radius 2 is 1.86 bits per heavy atom. The predicted molar refractivity (Wildman–Crippen MR) is 122 cm³/mol. The van der Waals surface area contributed by atoms with Gasteiger partial charge in [0.25, 0.3) is 5.91 Å². The summed E-state index contributed by atoms with van der Waals surface area (Å²) in [4.78, 5) is 19.1. The number of fused-ring (bicyclic) bond motifs is 1. The SMILES string of the molecule is CCN(CC)c1ccc(/C=C2/C(=N)N3N=C(C4CCCCC4)SC3=NC2=O)cc1. The van der Waals surface area contributed by atoms with Crippen molar-refractivity contribution < 1.29 is 4.79 Å². The summed E-state index contributed by atoms with van der Waals surface area (Å²) < 4.78 is 0. The number of hydrazone groups is 1. The summed E-state index contributed by atoms with van der Waals surface area (Å²) in [6.07, 6.45) is 7.75. The van der Waals surface area contributed by atoms with Crippen molar-refractivity contribution in [1.82, 2.24) is 5.01 Å². The molecule has 0 saturated heterocycles. The van der Waals surface area contributed by atoms with E-state index in [9.17, 15) is 4.79 Å². The number of hydrogen-bond acceptors (Lipinski definition) is 5. The fourth-order valence-electron chi connectivity index (χ4n) is 4.06. The number of benzene rings is 1. The first-order valence-corrected chi connectivity index (χ1v) is 11.3. The van der Waals surface area contributed by atoms with E-state index in [1.165, 1.54) is 36.0 Å². The molecule has 0 unspecified atom stereocenters. The van der Waals surface area contributed by atoms with Crippen molar-refractivity contribution in [1.29, 1.82) is 5.41 Å². The van der Waals surface area contributed by atoms with Crippen molar-refractivity contribution in [2.75, 3.05) is 18.0 Å². The third-order valence-electron chi connectivity index (χ3n) is 5.76. The van der Waals surface area contributed by atoms with Crippen LogP contribution in [0, 0.1) is 11.3 Å². The van der Waals surface area contributed by atoms with Gasteiger partial charge in [0.15, 0.2) is 5.84 Å². The average Bonchev–Trinajstić information content (AvgIpc) is 3.18. The molecule has 4 rings (SSSR count). The molecule has 1 aromatic rings. The van der Waals surface area contributed by atoms with Gasteiger partial charge in [-0.15, -0.1) is 0 Å². The Kier molecular flexibility index (Phi) is 5.85. The number of hydrogen-bond donors (Lipinski definition) is 1. The highest BCUT2D eigenvalue weighted by Crippen LogP contribution is 2.36. The first-order chi connectivity index (χ1) is 14.1. The summed E-state index contributed by atoms with van der Waals surface area (Å²) >= 11 is 1.46. The zero-order valence-corrected chi connectivity index (χ0v) is 17.8. The zero-order chi connectivity index (χ0) is 20.4. The molecule has 29 heavy (non-hydrogen) atoms. The molecule has 1 aromatic carbocycles. The molecule has 0 spiro atoms. The Morgan fingerprint density at radius 1 is 1.17 bits per heavy atom. The maximum atomic E-state index is 12.6. The van der Waals surface area contributed by atoms with Gasteiger partial charge >= 0.3 is 0 Å². The van der Waals surface area contributed by atoms with Crippen LogP contribution in [0.25, 0.3) is 6.08 Å². The maximum Gasteiger partial charge on any atom is 0.283 e. The number of thioether (sulfide) groups is 1. The minimum atomic E-state index is -0.360. The van der Waals surface area contributed by atoms with E-state index in [0.29, 0.717) is 16.7 Å². The van der Waals surface area contributed by atoms with Crippen LogP contribution in [0.3, 0.4) is 0 Å². The lowest BCUT2D eigenvalue weighted by molar-refractivity contribution is -0.114. The number of anilines is 1. The van der Waals surface area contributed by atoms with E-state index in [1.807, 2.05) is 12.1 Å². The molecule has 0 aromatic heterocycles. The summed E-state index contributed by atoms with van der Waals surface area (Å²) in [6.45, 7) is 6.16. The number of nitrogens with zero attached hydrogens (tertiary/aromatic N) is 4. The molecule has 0 bridgehead atoms. The van der Waals surface area contributed by atoms with E-state index >= 15 is 0 Å². The quantitative estimate of drug-likeness (QED) is 0.714. The van der Waals surface area contributed by atoms with E-state index in [1.54, 1.807) is 6.08 Å². The minimum Gasteiger partial charge on any atom is -0.372 e. The second-order valence-electron chi connectivity index (χ2n) is 7.56. The van der Waals surface area contributed by atoms with Crippen LogP contribution < -0.4 is 4.90 Å². The van der Waals surface area contributed by atoms with E-state index in [-0.39, 0.29) is 11.7 Å². The summed E-state index contributed by atoms with van der Waals surface area (Å²) in [6, 6.07) is 8.07. The third-order valence-corrected chi connectivity index (χ3v) is 6.83. The standard InChI is InChI=1S/C22H27N5OS/c1-3-26(4-2)17-12-10-15(11-13-17)14-18-19(23)27-22(24-20(18)28)29-21(25-27)16-8-6-5-7-9-16/h10-14,16,23H,3-9H2,1-2H3/b18-14-,23-19?. The van der Waals surface area contributed by atoms with Crippen LogP contribution in [0.1, 0.15) is 51.5 Å². The Bertz CT molecular complexity index is 892. The van der Waals surface area contributed by atoms with E-state index in [4.69, 9.17) is 5.41 Å². The number of carbonyl (C=O) groups is 1. The molecule has 2 heterocycles. The number of nitrogens with one attached hydrogen (secondary N) is 1. The Labute approximate surface area is 176 Å². The lowest BCUT2D eigenvalue weighted by Gasteiger charge is -2.21. The van der Waals surface area contributed by atoms with Crippen molar-refractivity contribution in [3.8, 4) is 0 Å². The topological polar surface area (TPSA) is 72.1 Å². The molecule has 0 radical (unpaired) electrons. The molecule has 152 valence electrons. The summed E-state index contributed by atoms with van der Waals surface area (Å²) in [7, 11) is 0. The predicted octanol–water partition coefficient (Wildman–Crippen LogP) is 4.73. The lowest BCUT2D eigenvalue weighted by Crippen LogP contribution is -2.35. The van der Waals surface area contributed by atoms with E-state index in [0.717, 1.165) is 42.2 Å². The molecule has 1 saturated carbocycles. The van der Waals surface area contributed by atoms with Crippen molar-refractivity contribution in [3.05, 3.63) is 35.4 Å². The van der Waals surface area contributed by atoms with E-state index in [2.05, 4.69) is 41.0 Å². The molecular weight excluding hydrogens is 382 g/mol. The Morgan fingerprint density at radius 3 is 2.52 bits per heavy atom. The van der Waals surface area contributed by atoms with Crippen LogP contribution >= 0.6 is 11.8 Å². The second kappa shape index (κ2) is 8.53. The highest BCUT2D eigenvalue weighted by molar-refractivity contribution is 8.27. The maximum absolute atomic E-state index is 12.6. The molecule has 1 aliphatic carbocycles. The van der Waals surface area contributed by atoms with Gasteiger partial charge in [-0.05, 0) is 62.2 Å². The number of amidine groups is 2. The molecule has 7 heteroatoms. The number of carbonyl (C=O) groups excluding carboxylic acids is 1. The van der Waals surface area contributed by atoms with Crippen LogP contribution in [-0.4, -0.2) is 40.1 Å². The van der Waals surface area contributed by atoms with Gasteiger partial charge in [0, 0.05) is 24.7 Å². The Hall–Kier alpha value is -2.41. The smallest absolute Gasteiger partial charge is 0.283 e. The van der Waals surface area contributed by atoms with Crippen LogP contribution in [0.15, 0.2) is 39.9 Å². The highest BCUT2D eigenvalue weighted by atomic mass is 32.2. The van der Waals surface area contributed by atoms with Crippen LogP contribution in [0.5, 0.6) is 0 Å². The second-order valence-corrected chi connectivity index (χ2v) is 8.54. The Balaban J connectivity index is 1.56. The van der Waals surface area contributed by atoms with Crippen LogP contribution in [0.2, 0.25) is 0 Å². The first kappa shape index (κ1) is 19.9. The van der Waals surface area contributed by atoms with Gasteiger partial charge in [0.05, 0.1) is 5.57 Å². The summed E-state index contributed by atoms with van der Waals surface area (Å²) in [5.74, 6) is 0.192. The molecule has 1 N–H and O–H groups in total. The van der Waals surface area contributed by atoms with E-state index < -0.39 is 0 Å². The molecule has 1 amide bonds. The van der Waals surface area contributed by atoms with Gasteiger partial charge in [0.2, 0.25) is 5.17 Å². The van der Waals surface area contributed by atoms with Gasteiger partial charge in [-0.1, -0.05) is 31.4 Å². The molecule has 2 aliphatic heterocycles. The highest BCUT2D eigenvalue weighted by Gasteiger charge is 2.37. The average molecular weight is 410 g/mol. The first-order valence-electron chi connectivity index (χ1n) is 10.5. The summed E-state index contributed by atoms with van der Waals surface area (Å²) in [5, 5.41) is 16.3. The summed E-state index contributed by atoms with van der Waals surface area (Å²) in [5.41, 5.74) is 2.33. The van der Waals surface area contributed by atoms with Crippen molar-refractivity contribution in [2.45, 2.75) is 46.0 Å². The molecular formula is C22H27N5OS. The lowest BCUT2D eigenvalue weighted by atomic mass is 9.90. The fourth-order valence-corrected chi connectivity index (χ4v) is 5.12. The fraction of sp³-hybridized carbons (Fsp3) is 0.455. The van der Waals surface area contributed by atoms with Crippen molar-refractivity contribution in [2.24, 2.45) is 16.0 Å². The van der Waals surface area contributed by atoms with Crippen LogP contribution in [0.4, 0.5) is 5.69 Å². The normalized spacial score (nSPS) is 21.3. The minimum absolute atomic E-state index is 0.117. The third kappa shape index (κ3) is 4.01.